The van der Waals surface area contributed by atoms with Crippen molar-refractivity contribution in [2.75, 3.05) is 7.11 Å². The van der Waals surface area contributed by atoms with E-state index in [4.69, 9.17) is 11.6 Å². The smallest absolute Gasteiger partial charge is 0.299 e. The molecule has 62 valence electrons. The summed E-state index contributed by atoms with van der Waals surface area (Å²) < 4.78 is 26.1. The van der Waals surface area contributed by atoms with Crippen molar-refractivity contribution in [1.29, 1.82) is 0 Å². The van der Waals surface area contributed by atoms with Crippen molar-refractivity contribution in [2.45, 2.75) is 4.90 Å². The molecule has 11 heavy (non-hydrogen) atoms. The van der Waals surface area contributed by atoms with E-state index >= 15 is 0 Å². The fourth-order valence-corrected chi connectivity index (χ4v) is 1.72. The van der Waals surface area contributed by atoms with Crippen LogP contribution < -0.4 is 0 Å². The second-order valence-corrected chi connectivity index (χ2v) is 3.84. The summed E-state index contributed by atoms with van der Waals surface area (Å²) in [5.41, 5.74) is 0. The number of rotatable bonds is 2. The Morgan fingerprint density at radius 3 is 2.64 bits per heavy atom. The molecule has 0 aliphatic rings. The lowest BCUT2D eigenvalue weighted by atomic mass is 10.7. The second kappa shape index (κ2) is 2.84. The largest absolute Gasteiger partial charge is 0.351 e. The zero-order valence-electron chi connectivity index (χ0n) is 5.67. The maximum Gasteiger partial charge on any atom is 0.299 e. The van der Waals surface area contributed by atoms with Gasteiger partial charge in [-0.2, -0.15) is 8.42 Å². The molecule has 4 nitrogen and oxygen atoms in total. The molecule has 0 aliphatic carbocycles. The van der Waals surface area contributed by atoms with Crippen LogP contribution in [0.1, 0.15) is 0 Å². The highest BCUT2D eigenvalue weighted by atomic mass is 35.5. The number of aromatic nitrogens is 1. The summed E-state index contributed by atoms with van der Waals surface area (Å²) >= 11 is 5.49. The Hall–Kier alpha value is -0.520. The Bertz CT molecular complexity index is 342. The topological polar surface area (TPSA) is 59.2 Å². The summed E-state index contributed by atoms with van der Waals surface area (Å²) in [6.45, 7) is 0. The van der Waals surface area contributed by atoms with Gasteiger partial charge in [0.05, 0.1) is 7.11 Å². The number of hydrogen-bond acceptors (Lipinski definition) is 3. The first-order valence-corrected chi connectivity index (χ1v) is 4.50. The van der Waals surface area contributed by atoms with E-state index < -0.39 is 10.1 Å². The quantitative estimate of drug-likeness (QED) is 0.717. The van der Waals surface area contributed by atoms with E-state index in [1.165, 1.54) is 12.3 Å². The molecule has 1 N–H and O–H groups in total. The van der Waals surface area contributed by atoms with Crippen LogP contribution in [0.25, 0.3) is 0 Å². The molecule has 1 rings (SSSR count). The Balaban J connectivity index is 3.22. The van der Waals surface area contributed by atoms with Crippen molar-refractivity contribution in [3.8, 4) is 0 Å². The number of H-pyrrole nitrogens is 1. The van der Waals surface area contributed by atoms with E-state index in [-0.39, 0.29) is 10.0 Å². The fourth-order valence-electron chi connectivity index (χ4n) is 0.618. The fraction of sp³-hybridized carbons (Fsp3) is 0.200. The summed E-state index contributed by atoms with van der Waals surface area (Å²) in [6, 6.07) is 1.33. The van der Waals surface area contributed by atoms with Crippen molar-refractivity contribution in [2.24, 2.45) is 0 Å². The van der Waals surface area contributed by atoms with Crippen molar-refractivity contribution in [3.05, 3.63) is 17.4 Å². The molecule has 0 bridgehead atoms. The maximum absolute atomic E-state index is 11.0. The molecule has 0 spiro atoms. The van der Waals surface area contributed by atoms with Gasteiger partial charge in [-0.25, -0.2) is 0 Å². The maximum atomic E-state index is 11.0. The summed E-state index contributed by atoms with van der Waals surface area (Å²) in [5.74, 6) is 0. The van der Waals surface area contributed by atoms with Crippen LogP contribution in [0.3, 0.4) is 0 Å². The highest BCUT2D eigenvalue weighted by Gasteiger charge is 2.17. The van der Waals surface area contributed by atoms with Gasteiger partial charge in [0.2, 0.25) is 0 Å². The first kappa shape index (κ1) is 8.58. The lowest BCUT2D eigenvalue weighted by molar-refractivity contribution is 0.398. The number of nitrogens with one attached hydrogen (secondary N) is 1. The SMILES string of the molecule is COS(=O)(=O)c1cc[nH]c1Cl. The Morgan fingerprint density at radius 2 is 2.27 bits per heavy atom. The molecule has 1 heterocycles. The van der Waals surface area contributed by atoms with Gasteiger partial charge in [0.25, 0.3) is 10.1 Å². The second-order valence-electron chi connectivity index (χ2n) is 1.78. The van der Waals surface area contributed by atoms with Crippen molar-refractivity contribution >= 4 is 21.7 Å². The summed E-state index contributed by atoms with van der Waals surface area (Å²) in [5, 5.41) is 0.0619. The van der Waals surface area contributed by atoms with Crippen molar-refractivity contribution in [3.63, 3.8) is 0 Å². The predicted molar refractivity (Wildman–Crippen MR) is 40.0 cm³/mol. The molecule has 0 saturated carbocycles. The van der Waals surface area contributed by atoms with Gasteiger partial charge in [0, 0.05) is 6.20 Å². The predicted octanol–water partition coefficient (Wildman–Crippen LogP) is 1.00. The van der Waals surface area contributed by atoms with Crippen LogP contribution in [0.2, 0.25) is 5.15 Å². The number of hydrogen-bond donors (Lipinski definition) is 1. The Kier molecular flexibility index (Phi) is 2.22. The van der Waals surface area contributed by atoms with Crippen LogP contribution in [0.5, 0.6) is 0 Å². The number of aromatic amines is 1. The third-order valence-corrected chi connectivity index (χ3v) is 2.89. The normalized spacial score (nSPS) is 11.8. The van der Waals surface area contributed by atoms with Gasteiger partial charge in [0.15, 0.2) is 0 Å². The minimum atomic E-state index is -3.65. The van der Waals surface area contributed by atoms with Crippen LogP contribution in [-0.4, -0.2) is 20.5 Å². The average Bonchev–Trinajstić information content (AvgIpc) is 2.36. The minimum Gasteiger partial charge on any atom is -0.351 e. The van der Waals surface area contributed by atoms with Gasteiger partial charge < -0.3 is 4.98 Å². The highest BCUT2D eigenvalue weighted by Crippen LogP contribution is 2.19. The van der Waals surface area contributed by atoms with Crippen LogP contribution in [0.15, 0.2) is 17.2 Å². The van der Waals surface area contributed by atoms with E-state index in [0.29, 0.717) is 0 Å². The molecule has 0 amide bonds. The lowest BCUT2D eigenvalue weighted by Gasteiger charge is -1.96. The molecule has 0 unspecified atom stereocenters. The van der Waals surface area contributed by atoms with Gasteiger partial charge in [-0.05, 0) is 6.07 Å². The van der Waals surface area contributed by atoms with Gasteiger partial charge >= 0.3 is 0 Å². The molecule has 0 atom stereocenters. The third kappa shape index (κ3) is 1.55. The van der Waals surface area contributed by atoms with Crippen LogP contribution in [-0.2, 0) is 14.3 Å². The van der Waals surface area contributed by atoms with Crippen LogP contribution >= 0.6 is 11.6 Å². The molecule has 1 aromatic heterocycles. The van der Waals surface area contributed by atoms with Gasteiger partial charge in [-0.15, -0.1) is 0 Å². The van der Waals surface area contributed by atoms with Crippen LogP contribution in [0, 0.1) is 0 Å². The molecule has 0 radical (unpaired) electrons. The van der Waals surface area contributed by atoms with Crippen LogP contribution in [0.4, 0.5) is 0 Å². The first-order valence-electron chi connectivity index (χ1n) is 2.71. The lowest BCUT2D eigenvalue weighted by Crippen LogP contribution is -2.01. The van der Waals surface area contributed by atoms with E-state index in [9.17, 15) is 8.42 Å². The monoisotopic (exact) mass is 195 g/mol. The Labute approximate surface area is 69.3 Å². The average molecular weight is 196 g/mol. The van der Waals surface area contributed by atoms with Gasteiger partial charge in [-0.3, -0.25) is 4.18 Å². The summed E-state index contributed by atoms with van der Waals surface area (Å²) in [6.07, 6.45) is 1.42. The van der Waals surface area contributed by atoms with Gasteiger partial charge in [-0.1, -0.05) is 11.6 Å². The standard InChI is InChI=1S/C5H6ClNO3S/c1-10-11(8,9)4-2-3-7-5(4)6/h2-3,7H,1H3. The summed E-state index contributed by atoms with van der Waals surface area (Å²) in [7, 11) is -2.57. The minimum absolute atomic E-state index is 0.0401. The van der Waals surface area contributed by atoms with E-state index in [1.54, 1.807) is 0 Å². The molecular weight excluding hydrogens is 190 g/mol. The van der Waals surface area contributed by atoms with Crippen molar-refractivity contribution < 1.29 is 12.6 Å². The molecular formula is C5H6ClNO3S. The first-order chi connectivity index (χ1) is 5.08. The van der Waals surface area contributed by atoms with E-state index in [0.717, 1.165) is 7.11 Å². The molecule has 0 saturated heterocycles. The third-order valence-electron chi connectivity index (χ3n) is 1.15. The summed E-state index contributed by atoms with van der Waals surface area (Å²) in [4.78, 5) is 2.48. The molecule has 6 heteroatoms. The molecule has 0 aliphatic heterocycles. The highest BCUT2D eigenvalue weighted by molar-refractivity contribution is 7.86. The molecule has 0 aromatic carbocycles. The number of halogens is 1. The van der Waals surface area contributed by atoms with Gasteiger partial charge in [0.1, 0.15) is 10.0 Å². The molecule has 0 fully saturated rings. The van der Waals surface area contributed by atoms with Crippen molar-refractivity contribution in [1.82, 2.24) is 4.98 Å². The zero-order valence-corrected chi connectivity index (χ0v) is 7.24. The van der Waals surface area contributed by atoms with E-state index in [1.807, 2.05) is 0 Å². The Morgan fingerprint density at radius 1 is 1.64 bits per heavy atom. The zero-order chi connectivity index (χ0) is 8.48. The molecule has 1 aromatic rings. The van der Waals surface area contributed by atoms with E-state index in [2.05, 4.69) is 9.17 Å².